The lowest BCUT2D eigenvalue weighted by Gasteiger charge is -2.30. The summed E-state index contributed by atoms with van der Waals surface area (Å²) in [6.07, 6.45) is 6.70. The van der Waals surface area contributed by atoms with Crippen molar-refractivity contribution in [3.63, 3.8) is 0 Å². The minimum Gasteiger partial charge on any atom is -0.483 e. The summed E-state index contributed by atoms with van der Waals surface area (Å²) in [4.78, 5) is 25.1. The molecule has 37 heavy (non-hydrogen) atoms. The van der Waals surface area contributed by atoms with E-state index in [4.69, 9.17) is 32.9 Å². The van der Waals surface area contributed by atoms with Crippen molar-refractivity contribution < 1.29 is 23.8 Å². The molecule has 1 atom stereocenters. The Labute approximate surface area is 228 Å². The number of para-hydroxylation sites is 1. The summed E-state index contributed by atoms with van der Waals surface area (Å²) in [7, 11) is 0. The molecule has 0 aliphatic carbocycles. The number of esters is 1. The fourth-order valence-corrected chi connectivity index (χ4v) is 4.13. The van der Waals surface area contributed by atoms with E-state index in [0.717, 1.165) is 4.47 Å². The van der Waals surface area contributed by atoms with Crippen LogP contribution in [0.4, 0.5) is 0 Å². The van der Waals surface area contributed by atoms with Gasteiger partial charge in [0.2, 0.25) is 0 Å². The Morgan fingerprint density at radius 1 is 1.24 bits per heavy atom. The molecule has 1 amide bonds. The second-order valence-corrected chi connectivity index (χ2v) is 8.91. The molecule has 0 saturated heterocycles. The Morgan fingerprint density at radius 3 is 2.78 bits per heavy atom. The number of benzene rings is 2. The minimum atomic E-state index is -0.622. The van der Waals surface area contributed by atoms with Crippen molar-refractivity contribution in [3.05, 3.63) is 69.3 Å². The van der Waals surface area contributed by atoms with Crippen molar-refractivity contribution in [2.45, 2.75) is 19.9 Å². The smallest absolute Gasteiger partial charge is 0.338 e. The lowest BCUT2D eigenvalue weighted by molar-refractivity contribution is -0.139. The van der Waals surface area contributed by atoms with Crippen molar-refractivity contribution in [3.8, 4) is 23.8 Å². The monoisotopic (exact) mass is 584 g/mol. The maximum Gasteiger partial charge on any atom is 0.338 e. The van der Waals surface area contributed by atoms with E-state index in [9.17, 15) is 9.59 Å². The largest absolute Gasteiger partial charge is 0.483 e. The van der Waals surface area contributed by atoms with Gasteiger partial charge in [0.15, 0.2) is 11.7 Å². The second-order valence-electron chi connectivity index (χ2n) is 7.59. The third-order valence-corrected chi connectivity index (χ3v) is 5.74. The van der Waals surface area contributed by atoms with Crippen LogP contribution in [0.15, 0.2) is 63.3 Å². The second kappa shape index (κ2) is 13.4. The molecule has 2 aromatic rings. The average Bonchev–Trinajstić information content (AvgIpc) is 2.87. The molecular formula is C26H25BrN4O5S. The fourth-order valence-electron chi connectivity index (χ4n) is 3.48. The molecule has 1 aliphatic rings. The molecular weight excluding hydrogens is 560 g/mol. The highest BCUT2D eigenvalue weighted by atomic mass is 79.9. The van der Waals surface area contributed by atoms with Gasteiger partial charge >= 0.3 is 5.97 Å². The third-order valence-electron chi connectivity index (χ3n) is 5.03. The zero-order valence-corrected chi connectivity index (χ0v) is 22.6. The molecule has 0 unspecified atom stereocenters. The SMILES string of the molecule is C#CCOc1ccc(Br)cc1C=NNC(=O)COc1ccccc1[C@@H]1NC(=S)NC(C)=C1C(=O)OCC. The molecule has 3 rings (SSSR count). The molecule has 0 spiro atoms. The van der Waals surface area contributed by atoms with Crippen LogP contribution in [0.1, 0.15) is 31.0 Å². The van der Waals surface area contributed by atoms with Gasteiger partial charge in [-0.15, -0.1) is 6.42 Å². The summed E-state index contributed by atoms with van der Waals surface area (Å²) in [5, 5.41) is 10.4. The highest BCUT2D eigenvalue weighted by Gasteiger charge is 2.32. The Hall–Kier alpha value is -3.88. The maximum absolute atomic E-state index is 12.7. The van der Waals surface area contributed by atoms with Crippen molar-refractivity contribution in [1.29, 1.82) is 0 Å². The van der Waals surface area contributed by atoms with Crippen LogP contribution < -0.4 is 25.5 Å². The molecule has 9 nitrogen and oxygen atoms in total. The number of carbonyl (C=O) groups is 2. The van der Waals surface area contributed by atoms with Gasteiger partial charge in [0.25, 0.3) is 5.91 Å². The summed E-state index contributed by atoms with van der Waals surface area (Å²) in [6, 6.07) is 11.8. The van der Waals surface area contributed by atoms with E-state index in [1.54, 1.807) is 56.3 Å². The average molecular weight is 585 g/mol. The van der Waals surface area contributed by atoms with Gasteiger partial charge in [-0.2, -0.15) is 5.10 Å². The lowest BCUT2D eigenvalue weighted by atomic mass is 9.95. The summed E-state index contributed by atoms with van der Waals surface area (Å²) in [5.74, 6) is 2.36. The van der Waals surface area contributed by atoms with E-state index >= 15 is 0 Å². The van der Waals surface area contributed by atoms with Gasteiger partial charge in [0, 0.05) is 21.3 Å². The van der Waals surface area contributed by atoms with Gasteiger partial charge in [-0.1, -0.05) is 40.0 Å². The Morgan fingerprint density at radius 2 is 2.03 bits per heavy atom. The molecule has 1 aliphatic heterocycles. The number of rotatable bonds is 10. The van der Waals surface area contributed by atoms with Gasteiger partial charge < -0.3 is 24.8 Å². The highest BCUT2D eigenvalue weighted by molar-refractivity contribution is 9.10. The van der Waals surface area contributed by atoms with Crippen molar-refractivity contribution in [2.75, 3.05) is 19.8 Å². The summed E-state index contributed by atoms with van der Waals surface area (Å²) in [5.41, 5.74) is 4.62. The molecule has 3 N–H and O–H groups in total. The zero-order chi connectivity index (χ0) is 26.8. The lowest BCUT2D eigenvalue weighted by Crippen LogP contribution is -2.45. The summed E-state index contributed by atoms with van der Waals surface area (Å²) in [6.45, 7) is 3.49. The number of amides is 1. The first kappa shape index (κ1) is 27.7. The standard InChI is InChI=1S/C26H25BrN4O5S/c1-4-12-35-20-11-10-18(27)13-17(20)14-28-31-22(32)15-36-21-9-7-6-8-19(21)24-23(25(33)34-5-2)16(3)29-26(37)30-24/h1,6-11,13-14,24H,5,12,15H2,2-3H3,(H,31,32)(H2,29,30,37)/t24-/m0/s1. The van der Waals surface area contributed by atoms with Crippen LogP contribution in [0.3, 0.4) is 0 Å². The van der Waals surface area contributed by atoms with Crippen LogP contribution in [0.5, 0.6) is 11.5 Å². The molecule has 11 heteroatoms. The number of hydrogen-bond donors (Lipinski definition) is 3. The highest BCUT2D eigenvalue weighted by Crippen LogP contribution is 2.33. The first-order valence-electron chi connectivity index (χ1n) is 11.2. The zero-order valence-electron chi connectivity index (χ0n) is 20.2. The van der Waals surface area contributed by atoms with Gasteiger partial charge in [0.1, 0.15) is 18.1 Å². The van der Waals surface area contributed by atoms with Crippen LogP contribution in [-0.2, 0) is 14.3 Å². The predicted octanol–water partition coefficient (Wildman–Crippen LogP) is 3.35. The summed E-state index contributed by atoms with van der Waals surface area (Å²) < 4.78 is 17.3. The molecule has 192 valence electrons. The van der Waals surface area contributed by atoms with Crippen molar-refractivity contribution in [2.24, 2.45) is 5.10 Å². The molecule has 0 fully saturated rings. The van der Waals surface area contributed by atoms with Crippen LogP contribution in [0.2, 0.25) is 0 Å². The van der Waals surface area contributed by atoms with E-state index in [1.165, 1.54) is 6.21 Å². The number of nitrogens with one attached hydrogen (secondary N) is 3. The first-order valence-corrected chi connectivity index (χ1v) is 12.4. The third kappa shape index (κ3) is 7.55. The van der Waals surface area contributed by atoms with E-state index in [0.29, 0.717) is 39.0 Å². The Kier molecular flexibility index (Phi) is 10.1. The molecule has 2 aromatic carbocycles. The molecule has 1 heterocycles. The van der Waals surface area contributed by atoms with Crippen LogP contribution >= 0.6 is 28.1 Å². The maximum atomic E-state index is 12.7. The number of allylic oxidation sites excluding steroid dienone is 1. The molecule has 0 aromatic heterocycles. The number of hydrazone groups is 1. The number of terminal acetylenes is 1. The number of halogens is 1. The van der Waals surface area contributed by atoms with Gasteiger partial charge in [-0.05, 0) is 50.3 Å². The van der Waals surface area contributed by atoms with E-state index in [2.05, 4.69) is 43.0 Å². The van der Waals surface area contributed by atoms with E-state index < -0.39 is 17.9 Å². The topological polar surface area (TPSA) is 110 Å². The van der Waals surface area contributed by atoms with Crippen LogP contribution in [0, 0.1) is 12.3 Å². The molecule has 0 bridgehead atoms. The van der Waals surface area contributed by atoms with Gasteiger partial charge in [0.05, 0.1) is 24.4 Å². The Bertz CT molecular complexity index is 1290. The number of thiocarbonyl (C=S) groups is 1. The van der Waals surface area contributed by atoms with Crippen LogP contribution in [0.25, 0.3) is 0 Å². The summed E-state index contributed by atoms with van der Waals surface area (Å²) >= 11 is 8.68. The van der Waals surface area contributed by atoms with E-state index in [-0.39, 0.29) is 19.8 Å². The van der Waals surface area contributed by atoms with Crippen LogP contribution in [-0.4, -0.2) is 43.0 Å². The number of hydrogen-bond acceptors (Lipinski definition) is 7. The Balaban J connectivity index is 1.71. The van der Waals surface area contributed by atoms with Gasteiger partial charge in [-0.25, -0.2) is 10.2 Å². The number of carbonyl (C=O) groups excluding carboxylic acids is 2. The first-order chi connectivity index (χ1) is 17.8. The van der Waals surface area contributed by atoms with Crippen molar-refractivity contribution in [1.82, 2.24) is 16.1 Å². The molecule has 0 saturated carbocycles. The number of nitrogens with zero attached hydrogens (tertiary/aromatic N) is 1. The quantitative estimate of drug-likeness (QED) is 0.128. The predicted molar refractivity (Wildman–Crippen MR) is 147 cm³/mol. The minimum absolute atomic E-state index is 0.102. The van der Waals surface area contributed by atoms with E-state index in [1.807, 2.05) is 0 Å². The normalized spacial score (nSPS) is 14.9. The fraction of sp³-hybridized carbons (Fsp3) is 0.231. The molecule has 0 radical (unpaired) electrons. The number of ether oxygens (including phenoxy) is 3. The van der Waals surface area contributed by atoms with Crippen molar-refractivity contribution >= 4 is 51.4 Å². The van der Waals surface area contributed by atoms with Gasteiger partial charge in [-0.3, -0.25) is 4.79 Å².